The van der Waals surface area contributed by atoms with E-state index < -0.39 is 33.1 Å². The van der Waals surface area contributed by atoms with Crippen LogP contribution in [-0.4, -0.2) is 38.9 Å². The zero-order valence-electron chi connectivity index (χ0n) is 10.6. The van der Waals surface area contributed by atoms with Gasteiger partial charge in [-0.25, -0.2) is 21.9 Å². The molecule has 0 aliphatic carbocycles. The van der Waals surface area contributed by atoms with Gasteiger partial charge in [-0.3, -0.25) is 4.79 Å². The van der Waals surface area contributed by atoms with Crippen molar-refractivity contribution in [2.45, 2.75) is 17.7 Å². The summed E-state index contributed by atoms with van der Waals surface area (Å²) in [6, 6.07) is 2.13. The summed E-state index contributed by atoms with van der Waals surface area (Å²) in [5.74, 6) is -2.30. The van der Waals surface area contributed by atoms with Crippen LogP contribution in [0.3, 0.4) is 0 Å². The summed E-state index contributed by atoms with van der Waals surface area (Å²) >= 11 is 0. The lowest BCUT2D eigenvalue weighted by Gasteiger charge is -2.15. The summed E-state index contributed by atoms with van der Waals surface area (Å²) in [6.45, 7) is 0.724. The first-order chi connectivity index (χ1) is 9.40. The fraction of sp³-hybridized carbons (Fsp3) is 0.417. The van der Waals surface area contributed by atoms with Gasteiger partial charge in [0.1, 0.15) is 16.5 Å². The zero-order chi connectivity index (χ0) is 14.8. The molecule has 2 rings (SSSR count). The Hall–Kier alpha value is -1.54. The average molecular weight is 304 g/mol. The van der Waals surface area contributed by atoms with Crippen LogP contribution in [0.15, 0.2) is 23.1 Å². The van der Waals surface area contributed by atoms with E-state index in [0.29, 0.717) is 19.2 Å². The standard InChI is InChI=1S/C12H14F2N2O3S/c13-9-3-4-10(14)11(7-9)20(18,19)15-8-12(17)16-5-1-2-6-16/h3-4,7,15H,1-2,5-6,8H2. The molecule has 1 aliphatic rings. The normalized spacial score (nSPS) is 15.6. The number of nitrogens with zero attached hydrogens (tertiary/aromatic N) is 1. The number of amides is 1. The Labute approximate surface area is 115 Å². The molecule has 1 aliphatic heterocycles. The first kappa shape index (κ1) is 14.9. The topological polar surface area (TPSA) is 66.5 Å². The number of likely N-dealkylation sites (tertiary alicyclic amines) is 1. The molecule has 110 valence electrons. The van der Waals surface area contributed by atoms with Crippen molar-refractivity contribution in [2.75, 3.05) is 19.6 Å². The number of nitrogens with one attached hydrogen (secondary N) is 1. The first-order valence-electron chi connectivity index (χ1n) is 6.12. The van der Waals surface area contributed by atoms with E-state index >= 15 is 0 Å². The maximum Gasteiger partial charge on any atom is 0.244 e. The summed E-state index contributed by atoms with van der Waals surface area (Å²) in [6.07, 6.45) is 1.77. The minimum absolute atomic E-state index is 0.372. The molecule has 1 N–H and O–H groups in total. The molecule has 0 atom stereocenters. The third-order valence-corrected chi connectivity index (χ3v) is 4.47. The van der Waals surface area contributed by atoms with Crippen LogP contribution < -0.4 is 4.72 Å². The Morgan fingerprint density at radius 1 is 1.25 bits per heavy atom. The van der Waals surface area contributed by atoms with Gasteiger partial charge >= 0.3 is 0 Å². The molecule has 0 bridgehead atoms. The summed E-state index contributed by atoms with van der Waals surface area (Å²) in [7, 11) is -4.25. The van der Waals surface area contributed by atoms with Gasteiger partial charge < -0.3 is 4.90 Å². The molecule has 1 aromatic rings. The van der Waals surface area contributed by atoms with Gasteiger partial charge in [-0.1, -0.05) is 0 Å². The average Bonchev–Trinajstić information content (AvgIpc) is 2.93. The quantitative estimate of drug-likeness (QED) is 0.897. The van der Waals surface area contributed by atoms with Crippen molar-refractivity contribution in [3.8, 4) is 0 Å². The molecule has 5 nitrogen and oxygen atoms in total. The molecular formula is C12H14F2N2O3S. The lowest BCUT2D eigenvalue weighted by Crippen LogP contribution is -2.38. The molecule has 0 radical (unpaired) electrons. The second-order valence-corrected chi connectivity index (χ2v) is 6.22. The fourth-order valence-electron chi connectivity index (χ4n) is 2.00. The molecule has 0 aromatic heterocycles. The van der Waals surface area contributed by atoms with Gasteiger partial charge in [-0.05, 0) is 31.0 Å². The molecule has 1 fully saturated rings. The molecule has 8 heteroatoms. The summed E-state index contributed by atoms with van der Waals surface area (Å²) in [4.78, 5) is 12.4. The van der Waals surface area contributed by atoms with Crippen LogP contribution in [0.4, 0.5) is 8.78 Å². The van der Waals surface area contributed by atoms with E-state index in [9.17, 15) is 22.0 Å². The fourth-order valence-corrected chi connectivity index (χ4v) is 3.06. The van der Waals surface area contributed by atoms with Crippen LogP contribution >= 0.6 is 0 Å². The van der Waals surface area contributed by atoms with Gasteiger partial charge in [-0.2, -0.15) is 0 Å². The van der Waals surface area contributed by atoms with Gasteiger partial charge in [-0.15, -0.1) is 0 Å². The number of sulfonamides is 1. The third-order valence-electron chi connectivity index (χ3n) is 3.05. The minimum atomic E-state index is -4.25. The van der Waals surface area contributed by atoms with Gasteiger partial charge in [0.05, 0.1) is 6.54 Å². The zero-order valence-corrected chi connectivity index (χ0v) is 11.4. The Morgan fingerprint density at radius 3 is 2.55 bits per heavy atom. The lowest BCUT2D eigenvalue weighted by molar-refractivity contribution is -0.128. The van der Waals surface area contributed by atoms with Crippen molar-refractivity contribution >= 4 is 15.9 Å². The first-order valence-corrected chi connectivity index (χ1v) is 7.61. The van der Waals surface area contributed by atoms with Crippen molar-refractivity contribution in [3.63, 3.8) is 0 Å². The summed E-state index contributed by atoms with van der Waals surface area (Å²) in [5.41, 5.74) is 0. The Bertz CT molecular complexity index is 613. The minimum Gasteiger partial charge on any atom is -0.342 e. The number of hydrogen-bond acceptors (Lipinski definition) is 3. The number of benzene rings is 1. The van der Waals surface area contributed by atoms with Crippen LogP contribution in [0.2, 0.25) is 0 Å². The maximum absolute atomic E-state index is 13.4. The molecule has 1 aromatic carbocycles. The lowest BCUT2D eigenvalue weighted by atomic mass is 10.3. The number of hydrogen-bond donors (Lipinski definition) is 1. The van der Waals surface area contributed by atoms with Crippen LogP contribution in [0.5, 0.6) is 0 Å². The van der Waals surface area contributed by atoms with Crippen LogP contribution in [-0.2, 0) is 14.8 Å². The largest absolute Gasteiger partial charge is 0.342 e. The van der Waals surface area contributed by atoms with E-state index in [-0.39, 0.29) is 5.91 Å². The number of rotatable bonds is 4. The van der Waals surface area contributed by atoms with Crippen LogP contribution in [0.25, 0.3) is 0 Å². The number of carbonyl (C=O) groups is 1. The smallest absolute Gasteiger partial charge is 0.244 e. The Balaban J connectivity index is 2.07. The van der Waals surface area contributed by atoms with Crippen LogP contribution in [0.1, 0.15) is 12.8 Å². The van der Waals surface area contributed by atoms with Gasteiger partial charge in [0, 0.05) is 13.1 Å². The van der Waals surface area contributed by atoms with Crippen molar-refractivity contribution in [3.05, 3.63) is 29.8 Å². The summed E-state index contributed by atoms with van der Waals surface area (Å²) in [5, 5.41) is 0. The van der Waals surface area contributed by atoms with E-state index in [1.54, 1.807) is 0 Å². The molecule has 1 amide bonds. The predicted octanol–water partition coefficient (Wildman–Crippen LogP) is 0.865. The number of halogens is 2. The highest BCUT2D eigenvalue weighted by atomic mass is 32.2. The SMILES string of the molecule is O=C(CNS(=O)(=O)c1cc(F)ccc1F)N1CCCC1. The molecule has 0 spiro atoms. The molecule has 0 unspecified atom stereocenters. The van der Waals surface area contributed by atoms with E-state index in [1.165, 1.54) is 4.90 Å². The van der Waals surface area contributed by atoms with Crippen molar-refractivity contribution in [1.29, 1.82) is 0 Å². The van der Waals surface area contributed by atoms with E-state index in [1.807, 2.05) is 4.72 Å². The second-order valence-electron chi connectivity index (χ2n) is 4.49. The highest BCUT2D eigenvalue weighted by Crippen LogP contribution is 2.15. The van der Waals surface area contributed by atoms with E-state index in [4.69, 9.17) is 0 Å². The van der Waals surface area contributed by atoms with E-state index in [2.05, 4.69) is 0 Å². The van der Waals surface area contributed by atoms with Gasteiger partial charge in [0.2, 0.25) is 15.9 Å². The maximum atomic E-state index is 13.4. The third kappa shape index (κ3) is 3.31. The highest BCUT2D eigenvalue weighted by Gasteiger charge is 2.23. The molecule has 20 heavy (non-hydrogen) atoms. The molecule has 1 heterocycles. The van der Waals surface area contributed by atoms with Crippen LogP contribution in [0, 0.1) is 11.6 Å². The Morgan fingerprint density at radius 2 is 1.90 bits per heavy atom. The van der Waals surface area contributed by atoms with E-state index in [0.717, 1.165) is 25.0 Å². The molecule has 0 saturated carbocycles. The Kier molecular flexibility index (Phi) is 4.34. The van der Waals surface area contributed by atoms with Gasteiger partial charge in [0.25, 0.3) is 0 Å². The predicted molar refractivity (Wildman–Crippen MR) is 67.4 cm³/mol. The van der Waals surface area contributed by atoms with Crippen molar-refractivity contribution in [1.82, 2.24) is 9.62 Å². The summed E-state index contributed by atoms with van der Waals surface area (Å²) < 4.78 is 52.1. The monoisotopic (exact) mass is 304 g/mol. The highest BCUT2D eigenvalue weighted by molar-refractivity contribution is 7.89. The molecule has 1 saturated heterocycles. The van der Waals surface area contributed by atoms with Gasteiger partial charge in [0.15, 0.2) is 0 Å². The van der Waals surface area contributed by atoms with Crippen molar-refractivity contribution in [2.24, 2.45) is 0 Å². The number of carbonyl (C=O) groups excluding carboxylic acids is 1. The van der Waals surface area contributed by atoms with Crippen molar-refractivity contribution < 1.29 is 22.0 Å². The molecular weight excluding hydrogens is 290 g/mol. The second kappa shape index (κ2) is 5.84.